The summed E-state index contributed by atoms with van der Waals surface area (Å²) in [4.78, 5) is 14.4. The zero-order valence-corrected chi connectivity index (χ0v) is 15.2. The van der Waals surface area contributed by atoms with Crippen LogP contribution in [0.2, 0.25) is 0 Å². The van der Waals surface area contributed by atoms with Crippen molar-refractivity contribution in [1.29, 1.82) is 0 Å². The summed E-state index contributed by atoms with van der Waals surface area (Å²) in [5.74, 6) is -1.02. The first-order chi connectivity index (χ1) is 13.6. The van der Waals surface area contributed by atoms with Gasteiger partial charge in [0.2, 0.25) is 5.69 Å². The number of benzene rings is 2. The maximum absolute atomic E-state index is 14.1. The van der Waals surface area contributed by atoms with E-state index in [9.17, 15) is 14.3 Å². The summed E-state index contributed by atoms with van der Waals surface area (Å²) < 4.78 is 25.4. The molecule has 0 bridgehead atoms. The fourth-order valence-electron chi connectivity index (χ4n) is 3.03. The summed E-state index contributed by atoms with van der Waals surface area (Å²) in [6.07, 6.45) is 1.62. The molecule has 0 unspecified atom stereocenters. The maximum Gasteiger partial charge on any atom is 0.259 e. The average molecular weight is 383 g/mol. The topological polar surface area (TPSA) is 82.5 Å². The van der Waals surface area contributed by atoms with Crippen molar-refractivity contribution in [3.05, 3.63) is 65.6 Å². The van der Waals surface area contributed by atoms with Gasteiger partial charge in [0.15, 0.2) is 5.95 Å². The van der Waals surface area contributed by atoms with Crippen LogP contribution >= 0.6 is 0 Å². The van der Waals surface area contributed by atoms with Crippen LogP contribution in [0.4, 0.5) is 4.39 Å². The van der Waals surface area contributed by atoms with Crippen molar-refractivity contribution >= 4 is 5.91 Å². The molecule has 8 heteroatoms. The van der Waals surface area contributed by atoms with Crippen molar-refractivity contribution in [2.24, 2.45) is 0 Å². The second-order valence-electron chi connectivity index (χ2n) is 6.56. The first-order valence-corrected chi connectivity index (χ1v) is 8.86. The number of halogens is 1. The first-order valence-electron chi connectivity index (χ1n) is 8.86. The molecule has 4 rings (SSSR count). The van der Waals surface area contributed by atoms with Crippen LogP contribution < -0.4 is 14.5 Å². The smallest absolute Gasteiger partial charge is 0.259 e. The van der Waals surface area contributed by atoms with E-state index >= 15 is 0 Å². The summed E-state index contributed by atoms with van der Waals surface area (Å²) >= 11 is 0. The van der Waals surface area contributed by atoms with Gasteiger partial charge in [-0.15, -0.1) is 0 Å². The van der Waals surface area contributed by atoms with Crippen molar-refractivity contribution < 1.29 is 28.2 Å². The van der Waals surface area contributed by atoms with E-state index in [1.54, 1.807) is 37.4 Å². The summed E-state index contributed by atoms with van der Waals surface area (Å²) in [7, 11) is 1.56. The van der Waals surface area contributed by atoms with E-state index in [1.165, 1.54) is 27.8 Å². The van der Waals surface area contributed by atoms with Gasteiger partial charge < -0.3 is 19.3 Å². The minimum absolute atomic E-state index is 0.0192. The van der Waals surface area contributed by atoms with Crippen LogP contribution in [0.1, 0.15) is 28.9 Å². The van der Waals surface area contributed by atoms with Crippen molar-refractivity contribution in [2.45, 2.75) is 25.4 Å². The Morgan fingerprint density at radius 3 is 2.64 bits per heavy atom. The second-order valence-corrected chi connectivity index (χ2v) is 6.56. The van der Waals surface area contributed by atoms with Gasteiger partial charge in [0, 0.05) is 18.2 Å². The van der Waals surface area contributed by atoms with E-state index in [4.69, 9.17) is 9.26 Å². The van der Waals surface area contributed by atoms with Crippen LogP contribution in [0.3, 0.4) is 0 Å². The van der Waals surface area contributed by atoms with E-state index in [0.717, 1.165) is 12.8 Å². The molecule has 0 saturated heterocycles. The maximum atomic E-state index is 14.1. The summed E-state index contributed by atoms with van der Waals surface area (Å²) in [6, 6.07) is 12.7. The Morgan fingerprint density at radius 1 is 1.29 bits per heavy atom. The third-order valence-corrected chi connectivity index (χ3v) is 4.69. The van der Waals surface area contributed by atoms with E-state index in [1.807, 2.05) is 0 Å². The molecule has 1 aromatic heterocycles. The Bertz CT molecular complexity index is 999. The summed E-state index contributed by atoms with van der Waals surface area (Å²) in [5, 5.41) is 16.1. The molecule has 2 aromatic carbocycles. The number of methoxy groups -OCH3 is 1. The van der Waals surface area contributed by atoms with Crippen LogP contribution in [0.25, 0.3) is 5.69 Å². The SMILES string of the molecule is COc1ccc(-[n+]2noc([O-])c2CN(C(=O)c2ccccc2F)C2CC2)cc1. The number of amides is 1. The summed E-state index contributed by atoms with van der Waals surface area (Å²) in [6.45, 7) is -0.0216. The molecule has 1 aliphatic carbocycles. The number of aromatic nitrogens is 2. The third kappa shape index (κ3) is 3.40. The molecule has 1 saturated carbocycles. The number of ether oxygens (including phenoxy) is 1. The molecule has 3 aromatic rings. The molecule has 1 fully saturated rings. The van der Waals surface area contributed by atoms with E-state index in [2.05, 4.69) is 5.27 Å². The van der Waals surface area contributed by atoms with Gasteiger partial charge in [-0.1, -0.05) is 12.1 Å². The minimum atomic E-state index is -0.636. The number of rotatable bonds is 6. The van der Waals surface area contributed by atoms with Gasteiger partial charge in [0.25, 0.3) is 11.6 Å². The van der Waals surface area contributed by atoms with Crippen LogP contribution in [0.15, 0.2) is 53.1 Å². The zero-order valence-electron chi connectivity index (χ0n) is 15.2. The lowest BCUT2D eigenvalue weighted by molar-refractivity contribution is -0.678. The molecule has 1 aliphatic rings. The minimum Gasteiger partial charge on any atom is -0.539 e. The molecule has 1 heterocycles. The monoisotopic (exact) mass is 383 g/mol. The second kappa shape index (κ2) is 7.30. The Balaban J connectivity index is 1.66. The van der Waals surface area contributed by atoms with Crippen molar-refractivity contribution in [3.63, 3.8) is 0 Å². The van der Waals surface area contributed by atoms with Gasteiger partial charge in [-0.3, -0.25) is 4.79 Å². The molecule has 0 spiro atoms. The Labute approximate surface area is 160 Å². The molecule has 1 amide bonds. The lowest BCUT2D eigenvalue weighted by Gasteiger charge is -2.21. The van der Waals surface area contributed by atoms with Gasteiger partial charge in [-0.25, -0.2) is 4.39 Å². The largest absolute Gasteiger partial charge is 0.539 e. The highest BCUT2D eigenvalue weighted by atomic mass is 19.1. The summed E-state index contributed by atoms with van der Waals surface area (Å²) in [5.41, 5.74) is 0.770. The van der Waals surface area contributed by atoms with E-state index in [0.29, 0.717) is 11.4 Å². The number of carbonyl (C=O) groups excluding carboxylic acids is 1. The highest BCUT2D eigenvalue weighted by Gasteiger charge is 2.37. The molecule has 0 N–H and O–H groups in total. The van der Waals surface area contributed by atoms with Crippen molar-refractivity contribution in [3.8, 4) is 17.4 Å². The fourth-order valence-corrected chi connectivity index (χ4v) is 3.03. The number of hydrogen-bond donors (Lipinski definition) is 0. The predicted molar refractivity (Wildman–Crippen MR) is 93.3 cm³/mol. The molecular formula is C20H18FN3O4. The van der Waals surface area contributed by atoms with Gasteiger partial charge in [-0.05, 0) is 41.8 Å². The normalized spacial score (nSPS) is 13.4. The predicted octanol–water partition coefficient (Wildman–Crippen LogP) is 1.98. The van der Waals surface area contributed by atoms with Crippen LogP contribution in [-0.4, -0.2) is 29.2 Å². The zero-order chi connectivity index (χ0) is 19.7. The van der Waals surface area contributed by atoms with Gasteiger partial charge >= 0.3 is 0 Å². The van der Waals surface area contributed by atoms with Crippen LogP contribution in [0, 0.1) is 5.82 Å². The molecule has 0 radical (unpaired) electrons. The Hall–Kier alpha value is -3.42. The van der Waals surface area contributed by atoms with Gasteiger partial charge in [-0.2, -0.15) is 0 Å². The van der Waals surface area contributed by atoms with Crippen LogP contribution in [0.5, 0.6) is 11.7 Å². The lowest BCUT2D eigenvalue weighted by Crippen LogP contribution is -2.42. The Morgan fingerprint density at radius 2 is 2.00 bits per heavy atom. The first kappa shape index (κ1) is 18.0. The molecule has 0 atom stereocenters. The number of hydrogen-bond acceptors (Lipinski definition) is 5. The van der Waals surface area contributed by atoms with E-state index in [-0.39, 0.29) is 23.8 Å². The molecule has 144 valence electrons. The third-order valence-electron chi connectivity index (χ3n) is 4.69. The van der Waals surface area contributed by atoms with Crippen molar-refractivity contribution in [1.82, 2.24) is 10.2 Å². The Kier molecular flexibility index (Phi) is 4.68. The highest BCUT2D eigenvalue weighted by molar-refractivity contribution is 5.94. The fraction of sp³-hybridized carbons (Fsp3) is 0.250. The quantitative estimate of drug-likeness (QED) is 0.608. The average Bonchev–Trinajstić information content (AvgIpc) is 3.49. The van der Waals surface area contributed by atoms with Gasteiger partial charge in [0.05, 0.1) is 17.9 Å². The number of nitrogens with zero attached hydrogens (tertiary/aromatic N) is 3. The highest BCUT2D eigenvalue weighted by Crippen LogP contribution is 2.31. The number of carbonyl (C=O) groups is 1. The van der Waals surface area contributed by atoms with Crippen LogP contribution in [-0.2, 0) is 6.54 Å². The van der Waals surface area contributed by atoms with E-state index < -0.39 is 17.7 Å². The molecule has 0 aliphatic heterocycles. The lowest BCUT2D eigenvalue weighted by atomic mass is 10.1. The van der Waals surface area contributed by atoms with Gasteiger partial charge in [0.1, 0.15) is 18.1 Å². The molecule has 7 nitrogen and oxygen atoms in total. The van der Waals surface area contributed by atoms with Crippen molar-refractivity contribution in [2.75, 3.05) is 7.11 Å². The molecule has 28 heavy (non-hydrogen) atoms. The standard InChI is InChI=1S/C20H18FN3O4/c1-27-15-10-8-14(9-11-15)24-18(20(26)28-22-24)12-23(13-6-7-13)19(25)16-4-2-3-5-17(16)21/h2-5,8-11,13H,6-7,12H2,1H3. The molecular weight excluding hydrogens is 365 g/mol.